The Balaban J connectivity index is 2.41. The van der Waals surface area contributed by atoms with E-state index in [9.17, 15) is 21.6 Å². The number of nitrogens with one attached hydrogen (secondary N) is 2. The fraction of sp³-hybridized carbons (Fsp3) is 0.200. The van der Waals surface area contributed by atoms with Crippen LogP contribution in [0.4, 0.5) is 19.1 Å². The van der Waals surface area contributed by atoms with Crippen LogP contribution in [0.5, 0.6) is 0 Å². The Morgan fingerprint density at radius 3 is 2.52 bits per heavy atom. The van der Waals surface area contributed by atoms with Crippen LogP contribution >= 0.6 is 11.6 Å². The van der Waals surface area contributed by atoms with Gasteiger partial charge in [-0.3, -0.25) is 5.10 Å². The van der Waals surface area contributed by atoms with Crippen LogP contribution in [-0.2, 0) is 16.2 Å². The minimum absolute atomic E-state index is 0.268. The highest BCUT2D eigenvalue weighted by atomic mass is 35.5. The predicted octanol–water partition coefficient (Wildman–Crippen LogP) is 2.59. The average molecular weight is 341 g/mol. The van der Waals surface area contributed by atoms with Gasteiger partial charge in [0, 0.05) is 0 Å². The number of aryl methyl sites for hydroxylation is 1. The first-order valence-electron chi connectivity index (χ1n) is 5.38. The summed E-state index contributed by atoms with van der Waals surface area (Å²) in [5, 5.41) is 5.35. The minimum Gasteiger partial charge on any atom is -0.261 e. The zero-order chi connectivity index (χ0) is 15.8. The molecule has 0 saturated carbocycles. The largest absolute Gasteiger partial charge is 0.417 e. The van der Waals surface area contributed by atoms with Gasteiger partial charge in [-0.25, -0.2) is 13.1 Å². The molecule has 114 valence electrons. The van der Waals surface area contributed by atoms with Gasteiger partial charge in [0.1, 0.15) is 5.82 Å². The van der Waals surface area contributed by atoms with Crippen LogP contribution in [0.15, 0.2) is 23.1 Å². The van der Waals surface area contributed by atoms with Gasteiger partial charge in [0.15, 0.2) is 0 Å². The lowest BCUT2D eigenvalue weighted by Gasteiger charge is -2.11. The number of aromatic amines is 1. The lowest BCUT2D eigenvalue weighted by Crippen LogP contribution is -2.15. The van der Waals surface area contributed by atoms with E-state index < -0.39 is 31.7 Å². The summed E-state index contributed by atoms with van der Waals surface area (Å²) in [6.07, 6.45) is -4.76. The van der Waals surface area contributed by atoms with E-state index in [4.69, 9.17) is 11.6 Å². The van der Waals surface area contributed by atoms with E-state index in [0.717, 1.165) is 12.1 Å². The molecule has 11 heteroatoms. The van der Waals surface area contributed by atoms with Crippen molar-refractivity contribution in [3.63, 3.8) is 0 Å². The summed E-state index contributed by atoms with van der Waals surface area (Å²) in [6.45, 7) is 1.54. The van der Waals surface area contributed by atoms with Crippen molar-refractivity contribution in [2.24, 2.45) is 0 Å². The molecule has 6 nitrogen and oxygen atoms in total. The number of nitrogens with zero attached hydrogens (tertiary/aromatic N) is 2. The fourth-order valence-electron chi connectivity index (χ4n) is 1.46. The van der Waals surface area contributed by atoms with E-state index in [2.05, 4.69) is 15.2 Å². The Labute approximate surface area is 122 Å². The van der Waals surface area contributed by atoms with Crippen LogP contribution in [-0.4, -0.2) is 23.6 Å². The number of halogens is 4. The fourth-order valence-corrected chi connectivity index (χ4v) is 2.65. The molecule has 0 aliphatic heterocycles. The van der Waals surface area contributed by atoms with E-state index in [1.165, 1.54) is 6.92 Å². The zero-order valence-corrected chi connectivity index (χ0v) is 11.9. The molecule has 21 heavy (non-hydrogen) atoms. The third-order valence-corrected chi connectivity index (χ3v) is 4.03. The number of hydrogen-bond donors (Lipinski definition) is 2. The maximum absolute atomic E-state index is 12.7. The summed E-state index contributed by atoms with van der Waals surface area (Å²) in [7, 11) is -4.25. The highest BCUT2D eigenvalue weighted by Crippen LogP contribution is 2.36. The average Bonchev–Trinajstić information content (AvgIpc) is 2.72. The smallest absolute Gasteiger partial charge is 0.261 e. The molecule has 2 N–H and O–H groups in total. The van der Waals surface area contributed by atoms with Crippen molar-refractivity contribution in [2.75, 3.05) is 4.72 Å². The molecule has 0 fully saturated rings. The number of sulfonamides is 1. The summed E-state index contributed by atoms with van der Waals surface area (Å²) in [5.41, 5.74) is -1.24. The van der Waals surface area contributed by atoms with Gasteiger partial charge in [0.2, 0.25) is 0 Å². The van der Waals surface area contributed by atoms with Crippen LogP contribution in [0.1, 0.15) is 11.4 Å². The molecule has 1 heterocycles. The Hall–Kier alpha value is -1.81. The van der Waals surface area contributed by atoms with Crippen molar-refractivity contribution in [3.05, 3.63) is 34.6 Å². The number of rotatable bonds is 3. The number of hydrogen-bond acceptors (Lipinski definition) is 4. The first kappa shape index (κ1) is 15.6. The molecular weight excluding hydrogens is 333 g/mol. The summed E-state index contributed by atoms with van der Waals surface area (Å²) in [4.78, 5) is 3.11. The van der Waals surface area contributed by atoms with Crippen molar-refractivity contribution in [1.82, 2.24) is 15.2 Å². The first-order chi connectivity index (χ1) is 9.59. The second kappa shape index (κ2) is 5.19. The second-order valence-corrected chi connectivity index (χ2v) is 6.08. The maximum atomic E-state index is 12.7. The van der Waals surface area contributed by atoms with Gasteiger partial charge < -0.3 is 0 Å². The van der Waals surface area contributed by atoms with Gasteiger partial charge in [0.25, 0.3) is 16.0 Å². The van der Waals surface area contributed by atoms with Gasteiger partial charge in [-0.15, -0.1) is 5.10 Å². The molecule has 0 aliphatic carbocycles. The molecule has 0 radical (unpaired) electrons. The Kier molecular flexibility index (Phi) is 3.85. The molecular formula is C10H8ClF3N4O2S. The topological polar surface area (TPSA) is 87.7 Å². The monoisotopic (exact) mass is 340 g/mol. The molecule has 0 bridgehead atoms. The zero-order valence-electron chi connectivity index (χ0n) is 10.4. The van der Waals surface area contributed by atoms with E-state index in [1.807, 2.05) is 4.72 Å². The van der Waals surface area contributed by atoms with Crippen molar-refractivity contribution in [3.8, 4) is 0 Å². The lowest BCUT2D eigenvalue weighted by molar-refractivity contribution is -0.137. The van der Waals surface area contributed by atoms with Gasteiger partial charge in [-0.1, -0.05) is 11.6 Å². The van der Waals surface area contributed by atoms with Crippen molar-refractivity contribution >= 4 is 27.6 Å². The molecule has 0 saturated heterocycles. The molecule has 0 atom stereocenters. The predicted molar refractivity (Wildman–Crippen MR) is 68.4 cm³/mol. The summed E-state index contributed by atoms with van der Waals surface area (Å²) in [6, 6.07) is 2.27. The van der Waals surface area contributed by atoms with Gasteiger partial charge >= 0.3 is 6.18 Å². The van der Waals surface area contributed by atoms with Crippen LogP contribution in [0.25, 0.3) is 0 Å². The quantitative estimate of drug-likeness (QED) is 0.899. The van der Waals surface area contributed by atoms with Crippen molar-refractivity contribution in [2.45, 2.75) is 18.0 Å². The Morgan fingerprint density at radius 2 is 2.00 bits per heavy atom. The summed E-state index contributed by atoms with van der Waals surface area (Å²) < 4.78 is 64.1. The molecule has 0 aliphatic rings. The minimum atomic E-state index is -4.76. The van der Waals surface area contributed by atoms with Crippen LogP contribution in [0.2, 0.25) is 5.02 Å². The van der Waals surface area contributed by atoms with Gasteiger partial charge in [-0.05, 0) is 25.1 Å². The number of benzene rings is 1. The van der Waals surface area contributed by atoms with Gasteiger partial charge in [0.05, 0.1) is 15.5 Å². The molecule has 2 rings (SSSR count). The summed E-state index contributed by atoms with van der Waals surface area (Å²) in [5.74, 6) is 0.0794. The Morgan fingerprint density at radius 1 is 1.33 bits per heavy atom. The van der Waals surface area contributed by atoms with E-state index in [1.54, 1.807) is 0 Å². The lowest BCUT2D eigenvalue weighted by atomic mass is 10.2. The van der Waals surface area contributed by atoms with Crippen LogP contribution < -0.4 is 4.72 Å². The third-order valence-electron chi connectivity index (χ3n) is 2.38. The van der Waals surface area contributed by atoms with Gasteiger partial charge in [-0.2, -0.15) is 18.2 Å². The molecule has 0 unspecified atom stereocenters. The standard InChI is InChI=1S/C10H8ClF3N4O2S/c1-5-15-9(17-16-5)18-21(19,20)6-2-3-8(11)7(4-6)10(12,13)14/h2-4H,1H3,(H2,15,16,17,18). The van der Waals surface area contributed by atoms with E-state index in [0.29, 0.717) is 11.9 Å². The highest BCUT2D eigenvalue weighted by Gasteiger charge is 2.34. The molecule has 2 aromatic rings. The van der Waals surface area contributed by atoms with Crippen LogP contribution in [0, 0.1) is 6.92 Å². The molecule has 0 spiro atoms. The molecule has 1 aromatic heterocycles. The SMILES string of the molecule is Cc1nc(NS(=O)(=O)c2ccc(Cl)c(C(F)(F)F)c2)n[nH]1. The first-order valence-corrected chi connectivity index (χ1v) is 7.24. The number of H-pyrrole nitrogens is 1. The highest BCUT2D eigenvalue weighted by molar-refractivity contribution is 7.92. The Bertz CT molecular complexity index is 773. The number of aromatic nitrogens is 3. The number of anilines is 1. The number of alkyl halides is 3. The normalized spacial score (nSPS) is 12.4. The maximum Gasteiger partial charge on any atom is 0.417 e. The third kappa shape index (κ3) is 3.45. The van der Waals surface area contributed by atoms with E-state index in [-0.39, 0.29) is 5.95 Å². The second-order valence-electron chi connectivity index (χ2n) is 3.99. The van der Waals surface area contributed by atoms with Crippen molar-refractivity contribution < 1.29 is 21.6 Å². The van der Waals surface area contributed by atoms with Crippen molar-refractivity contribution in [1.29, 1.82) is 0 Å². The van der Waals surface area contributed by atoms with E-state index >= 15 is 0 Å². The van der Waals surface area contributed by atoms with Crippen LogP contribution in [0.3, 0.4) is 0 Å². The summed E-state index contributed by atoms with van der Waals surface area (Å²) >= 11 is 5.43. The molecule has 1 aromatic carbocycles. The molecule has 0 amide bonds.